The van der Waals surface area contributed by atoms with Gasteiger partial charge in [0.25, 0.3) is 5.91 Å². The van der Waals surface area contributed by atoms with Crippen LogP contribution >= 0.6 is 23.4 Å². The number of aliphatic hydroxyl groups excluding tert-OH is 1. The lowest BCUT2D eigenvalue weighted by Gasteiger charge is -2.40. The van der Waals surface area contributed by atoms with Crippen LogP contribution in [0.1, 0.15) is 18.9 Å². The molecule has 0 radical (unpaired) electrons. The number of carbonyl (C=O) groups excluding carboxylic acids is 2. The molecule has 2 N–H and O–H groups in total. The van der Waals surface area contributed by atoms with Crippen molar-refractivity contribution in [2.45, 2.75) is 36.3 Å². The molecule has 0 aliphatic carbocycles. The summed E-state index contributed by atoms with van der Waals surface area (Å²) < 4.78 is -0.856. The number of aliphatic hydroxyl groups is 1. The molecule has 1 aromatic rings. The molecule has 2 bridgehead atoms. The average molecular weight is 479 g/mol. The first-order valence-electron chi connectivity index (χ1n) is 10.7. The number of halogens is 1. The van der Waals surface area contributed by atoms with Crippen LogP contribution in [0.3, 0.4) is 0 Å². The van der Waals surface area contributed by atoms with Gasteiger partial charge in [0.2, 0.25) is 5.91 Å². The number of thioether (sulfide) groups is 1. The van der Waals surface area contributed by atoms with E-state index in [1.807, 2.05) is 19.9 Å². The molecule has 3 heterocycles. The summed E-state index contributed by atoms with van der Waals surface area (Å²) in [7, 11) is 0. The molecule has 7 nitrogen and oxygen atoms in total. The standard InChI is InChI=1S/C23H27ClN2O5S/c1-4-8-25(18-12(2)6-5-7-14(18)24)21(29)19-23-13(3)11-15(32-23)16(22(30)31)17(23)20(28)26(19)9-10-27/h4-7,13,15-17,19,27H,1,8-11H2,2-3H3,(H,30,31)/t13?,15-,16+,17-,19?,23?/m0/s1. The van der Waals surface area contributed by atoms with Crippen molar-refractivity contribution < 1.29 is 24.6 Å². The highest BCUT2D eigenvalue weighted by Crippen LogP contribution is 2.68. The van der Waals surface area contributed by atoms with E-state index in [2.05, 4.69) is 6.58 Å². The van der Waals surface area contributed by atoms with Crippen LogP contribution in [0.5, 0.6) is 0 Å². The molecular formula is C23H27ClN2O5S. The first-order chi connectivity index (χ1) is 15.2. The molecule has 1 aromatic carbocycles. The number of rotatable bonds is 7. The second-order valence-corrected chi connectivity index (χ2v) is 10.7. The molecular weight excluding hydrogens is 452 g/mol. The highest BCUT2D eigenvalue weighted by atomic mass is 35.5. The van der Waals surface area contributed by atoms with E-state index >= 15 is 0 Å². The van der Waals surface area contributed by atoms with Crippen molar-refractivity contribution in [3.05, 3.63) is 41.4 Å². The lowest BCUT2D eigenvalue weighted by Crippen LogP contribution is -2.57. The van der Waals surface area contributed by atoms with Crippen LogP contribution < -0.4 is 4.90 Å². The maximum atomic E-state index is 14.2. The second-order valence-electron chi connectivity index (χ2n) is 8.79. The zero-order valence-corrected chi connectivity index (χ0v) is 19.6. The average Bonchev–Trinajstić information content (AvgIpc) is 3.31. The largest absolute Gasteiger partial charge is 0.481 e. The monoisotopic (exact) mass is 478 g/mol. The van der Waals surface area contributed by atoms with Crippen molar-refractivity contribution in [2.75, 3.05) is 24.6 Å². The Morgan fingerprint density at radius 2 is 2.16 bits per heavy atom. The molecule has 172 valence electrons. The molecule has 0 aromatic heterocycles. The molecule has 3 aliphatic heterocycles. The van der Waals surface area contributed by atoms with E-state index in [-0.39, 0.29) is 42.7 Å². The maximum absolute atomic E-state index is 14.2. The van der Waals surface area contributed by atoms with Crippen molar-refractivity contribution >= 4 is 46.8 Å². The Hall–Kier alpha value is -2.03. The SMILES string of the molecule is C=CCN(C(=O)C1N(CCO)C(=O)[C@@H]2[C@H](C(=O)O)[C@@H]3CC(C)C12S3)c1c(C)cccc1Cl. The van der Waals surface area contributed by atoms with E-state index in [1.54, 1.807) is 23.1 Å². The van der Waals surface area contributed by atoms with Crippen LogP contribution in [-0.4, -0.2) is 68.6 Å². The molecule has 32 heavy (non-hydrogen) atoms. The van der Waals surface area contributed by atoms with Gasteiger partial charge in [0.1, 0.15) is 6.04 Å². The van der Waals surface area contributed by atoms with Crippen molar-refractivity contribution in [3.63, 3.8) is 0 Å². The number of carbonyl (C=O) groups is 3. The quantitative estimate of drug-likeness (QED) is 0.584. The maximum Gasteiger partial charge on any atom is 0.308 e. The summed E-state index contributed by atoms with van der Waals surface area (Å²) in [6.07, 6.45) is 2.24. The Kier molecular flexibility index (Phi) is 6.07. The first-order valence-corrected chi connectivity index (χ1v) is 12.0. The molecule has 3 saturated heterocycles. The minimum absolute atomic E-state index is 0.0266. The van der Waals surface area contributed by atoms with E-state index in [9.17, 15) is 24.6 Å². The van der Waals surface area contributed by atoms with E-state index in [4.69, 9.17) is 11.6 Å². The minimum atomic E-state index is -1.00. The number of carboxylic acid groups (broad SMARTS) is 1. The zero-order chi connectivity index (χ0) is 23.4. The van der Waals surface area contributed by atoms with Crippen molar-refractivity contribution in [1.82, 2.24) is 4.90 Å². The third-order valence-corrected chi connectivity index (χ3v) is 9.52. The van der Waals surface area contributed by atoms with Gasteiger partial charge in [-0.1, -0.05) is 36.7 Å². The molecule has 3 aliphatic rings. The molecule has 6 atom stereocenters. The van der Waals surface area contributed by atoms with Crippen LogP contribution in [0.15, 0.2) is 30.9 Å². The molecule has 1 spiro atoms. The van der Waals surface area contributed by atoms with Gasteiger partial charge in [0.15, 0.2) is 0 Å². The number of carboxylic acids is 1. The summed E-state index contributed by atoms with van der Waals surface area (Å²) in [4.78, 5) is 42.8. The van der Waals surface area contributed by atoms with Gasteiger partial charge in [-0.05, 0) is 30.9 Å². The van der Waals surface area contributed by atoms with Gasteiger partial charge in [0.05, 0.1) is 33.9 Å². The molecule has 2 amide bonds. The number of aryl methyl sites for hydroxylation is 1. The van der Waals surface area contributed by atoms with Crippen molar-refractivity contribution in [2.24, 2.45) is 17.8 Å². The number of β-amino-alcohol motifs (C(OH)–C–C–N with tert-alkyl or cyclic N) is 1. The molecule has 3 unspecified atom stereocenters. The summed E-state index contributed by atoms with van der Waals surface area (Å²) in [6.45, 7) is 7.48. The number of likely N-dealkylation sites (tertiary alicyclic amines) is 1. The number of para-hydroxylation sites is 1. The Bertz CT molecular complexity index is 967. The fraction of sp³-hybridized carbons (Fsp3) is 0.522. The van der Waals surface area contributed by atoms with Gasteiger partial charge in [-0.3, -0.25) is 14.4 Å². The third-order valence-electron chi connectivity index (χ3n) is 7.14. The fourth-order valence-electron chi connectivity index (χ4n) is 5.96. The predicted molar refractivity (Wildman–Crippen MR) is 124 cm³/mol. The number of anilines is 1. The Labute approximate surface area is 196 Å². The second kappa shape index (κ2) is 8.39. The Morgan fingerprint density at radius 3 is 2.75 bits per heavy atom. The van der Waals surface area contributed by atoms with Gasteiger partial charge >= 0.3 is 5.97 Å². The topological polar surface area (TPSA) is 98.2 Å². The number of benzene rings is 1. The number of amides is 2. The summed E-state index contributed by atoms with van der Waals surface area (Å²) in [5.41, 5.74) is 1.36. The highest BCUT2D eigenvalue weighted by molar-refractivity contribution is 8.02. The lowest BCUT2D eigenvalue weighted by molar-refractivity contribution is -0.149. The molecule has 4 rings (SSSR count). The molecule has 9 heteroatoms. The summed E-state index contributed by atoms with van der Waals surface area (Å²) >= 11 is 7.96. The third kappa shape index (κ3) is 3.10. The number of aliphatic carboxylic acids is 1. The smallest absolute Gasteiger partial charge is 0.308 e. The summed E-state index contributed by atoms with van der Waals surface area (Å²) in [6, 6.07) is 4.48. The van der Waals surface area contributed by atoms with Crippen LogP contribution in [0.4, 0.5) is 5.69 Å². The van der Waals surface area contributed by atoms with Gasteiger partial charge in [0, 0.05) is 18.3 Å². The fourth-order valence-corrected chi connectivity index (χ4v) is 8.70. The van der Waals surface area contributed by atoms with Crippen LogP contribution in [0.2, 0.25) is 5.02 Å². The Morgan fingerprint density at radius 1 is 1.44 bits per heavy atom. The van der Waals surface area contributed by atoms with E-state index in [0.717, 1.165) is 5.56 Å². The molecule has 0 saturated carbocycles. The summed E-state index contributed by atoms with van der Waals surface area (Å²) in [5.74, 6) is -3.35. The summed E-state index contributed by atoms with van der Waals surface area (Å²) in [5, 5.41) is 19.8. The van der Waals surface area contributed by atoms with Gasteiger partial charge < -0.3 is 20.0 Å². The minimum Gasteiger partial charge on any atom is -0.481 e. The van der Waals surface area contributed by atoms with Gasteiger partial charge in [-0.15, -0.1) is 18.3 Å². The van der Waals surface area contributed by atoms with Crippen molar-refractivity contribution in [3.8, 4) is 0 Å². The number of hydrogen-bond acceptors (Lipinski definition) is 5. The predicted octanol–water partition coefficient (Wildman–Crippen LogP) is 2.58. The van der Waals surface area contributed by atoms with Crippen LogP contribution in [-0.2, 0) is 14.4 Å². The first kappa shape index (κ1) is 23.1. The van der Waals surface area contributed by atoms with Gasteiger partial charge in [-0.25, -0.2) is 0 Å². The van der Waals surface area contributed by atoms with Crippen LogP contribution in [0.25, 0.3) is 0 Å². The number of hydrogen-bond donors (Lipinski definition) is 2. The van der Waals surface area contributed by atoms with E-state index < -0.39 is 28.6 Å². The lowest BCUT2D eigenvalue weighted by atomic mass is 9.66. The van der Waals surface area contributed by atoms with E-state index in [0.29, 0.717) is 17.1 Å². The normalized spacial score (nSPS) is 32.8. The van der Waals surface area contributed by atoms with Crippen LogP contribution in [0, 0.1) is 24.7 Å². The number of fused-ring (bicyclic) bond motifs is 1. The van der Waals surface area contributed by atoms with Crippen molar-refractivity contribution in [1.29, 1.82) is 0 Å². The highest BCUT2D eigenvalue weighted by Gasteiger charge is 2.76. The Balaban J connectivity index is 1.85. The van der Waals surface area contributed by atoms with Gasteiger partial charge in [-0.2, -0.15) is 0 Å². The van der Waals surface area contributed by atoms with E-state index in [1.165, 1.54) is 16.7 Å². The zero-order valence-electron chi connectivity index (χ0n) is 18.0. The molecule has 3 fully saturated rings. The number of nitrogens with zero attached hydrogens (tertiary/aromatic N) is 2.